The van der Waals surface area contributed by atoms with Crippen LogP contribution in [0, 0.1) is 24.4 Å². The molecule has 122 valence electrons. The Hall–Kier alpha value is -2.60. The van der Waals surface area contributed by atoms with Crippen molar-refractivity contribution in [1.29, 1.82) is 0 Å². The van der Waals surface area contributed by atoms with Crippen molar-refractivity contribution in [1.82, 2.24) is 10.2 Å². The van der Waals surface area contributed by atoms with E-state index in [0.29, 0.717) is 22.3 Å². The first-order valence-corrected chi connectivity index (χ1v) is 7.27. The maximum atomic E-state index is 14.2. The van der Waals surface area contributed by atoms with Crippen LogP contribution in [0.25, 0.3) is 22.3 Å². The number of hydrogen-bond acceptors (Lipinski definition) is 2. The van der Waals surface area contributed by atoms with Crippen molar-refractivity contribution in [2.75, 3.05) is 0 Å². The predicted octanol–water partition coefficient (Wildman–Crippen LogP) is 4.48. The van der Waals surface area contributed by atoms with Crippen molar-refractivity contribution >= 4 is 11.6 Å². The molecule has 0 atom stereocenters. The number of nitrogens with one attached hydrogen (secondary N) is 1. The minimum atomic E-state index is -1.43. The van der Waals surface area contributed by atoms with Crippen LogP contribution in [-0.2, 0) is 0 Å². The van der Waals surface area contributed by atoms with Gasteiger partial charge < -0.3 is 0 Å². The van der Waals surface area contributed by atoms with Gasteiger partial charge in [-0.05, 0) is 36.8 Å². The summed E-state index contributed by atoms with van der Waals surface area (Å²) in [4.78, 5) is 12.2. The lowest BCUT2D eigenvalue weighted by Crippen LogP contribution is -2.16. The highest BCUT2D eigenvalue weighted by atomic mass is 35.5. The molecule has 3 aromatic rings. The van der Waals surface area contributed by atoms with Crippen LogP contribution in [0.1, 0.15) is 5.69 Å². The number of aryl methyl sites for hydroxylation is 1. The van der Waals surface area contributed by atoms with Crippen LogP contribution in [-0.4, -0.2) is 10.2 Å². The molecule has 7 heteroatoms. The molecule has 0 aliphatic carbocycles. The van der Waals surface area contributed by atoms with E-state index in [2.05, 4.69) is 10.2 Å². The van der Waals surface area contributed by atoms with Gasteiger partial charge in [-0.2, -0.15) is 5.10 Å². The SMILES string of the molecule is Cc1n[nH]c(=O)c(-c2c(F)ccc(F)c2F)c1-c1ccc(Cl)cc1. The molecule has 0 saturated heterocycles. The van der Waals surface area contributed by atoms with Crippen molar-refractivity contribution in [2.24, 2.45) is 0 Å². The average molecular weight is 351 g/mol. The minimum Gasteiger partial charge on any atom is -0.267 e. The molecule has 0 radical (unpaired) electrons. The highest BCUT2D eigenvalue weighted by Gasteiger charge is 2.23. The lowest BCUT2D eigenvalue weighted by molar-refractivity contribution is 0.499. The van der Waals surface area contributed by atoms with E-state index in [0.717, 1.165) is 6.07 Å². The summed E-state index contributed by atoms with van der Waals surface area (Å²) >= 11 is 5.85. The van der Waals surface area contributed by atoms with E-state index in [9.17, 15) is 18.0 Å². The molecule has 0 unspecified atom stereocenters. The molecule has 1 N–H and O–H groups in total. The van der Waals surface area contributed by atoms with Crippen LogP contribution in [0.3, 0.4) is 0 Å². The molecule has 0 aliphatic rings. The summed E-state index contributed by atoms with van der Waals surface area (Å²) in [6.45, 7) is 1.57. The molecule has 2 aromatic carbocycles. The van der Waals surface area contributed by atoms with Crippen LogP contribution < -0.4 is 5.56 Å². The first-order chi connectivity index (χ1) is 11.4. The van der Waals surface area contributed by atoms with Crippen molar-refractivity contribution in [3.05, 3.63) is 74.9 Å². The first kappa shape index (κ1) is 16.3. The Morgan fingerprint density at radius 2 is 1.54 bits per heavy atom. The summed E-state index contributed by atoms with van der Waals surface area (Å²) in [6, 6.07) is 7.75. The Kier molecular flexibility index (Phi) is 4.15. The second-order valence-corrected chi connectivity index (χ2v) is 5.55. The topological polar surface area (TPSA) is 45.8 Å². The molecule has 0 fully saturated rings. The maximum Gasteiger partial charge on any atom is 0.272 e. The van der Waals surface area contributed by atoms with Crippen LogP contribution >= 0.6 is 11.6 Å². The fraction of sp³-hybridized carbons (Fsp3) is 0.0588. The monoisotopic (exact) mass is 350 g/mol. The third-order valence-corrected chi connectivity index (χ3v) is 3.84. The van der Waals surface area contributed by atoms with E-state index >= 15 is 0 Å². The number of aromatic amines is 1. The number of halogens is 4. The van der Waals surface area contributed by atoms with Crippen molar-refractivity contribution in [3.63, 3.8) is 0 Å². The van der Waals surface area contributed by atoms with Crippen LogP contribution in [0.2, 0.25) is 5.02 Å². The van der Waals surface area contributed by atoms with Crippen molar-refractivity contribution in [3.8, 4) is 22.3 Å². The summed E-state index contributed by atoms with van der Waals surface area (Å²) in [7, 11) is 0. The molecule has 3 rings (SSSR count). The van der Waals surface area contributed by atoms with Gasteiger partial charge in [0.15, 0.2) is 11.6 Å². The van der Waals surface area contributed by atoms with Gasteiger partial charge in [-0.1, -0.05) is 23.7 Å². The van der Waals surface area contributed by atoms with Crippen LogP contribution in [0.15, 0.2) is 41.2 Å². The third-order valence-electron chi connectivity index (χ3n) is 3.59. The van der Waals surface area contributed by atoms with Crippen LogP contribution in [0.4, 0.5) is 13.2 Å². The summed E-state index contributed by atoms with van der Waals surface area (Å²) in [5.41, 5.74) is -0.859. The largest absolute Gasteiger partial charge is 0.272 e. The normalized spacial score (nSPS) is 10.9. The fourth-order valence-corrected chi connectivity index (χ4v) is 2.63. The predicted molar refractivity (Wildman–Crippen MR) is 85.4 cm³/mol. The average Bonchev–Trinajstić information content (AvgIpc) is 2.56. The smallest absolute Gasteiger partial charge is 0.267 e. The molecule has 1 heterocycles. The molecule has 0 spiro atoms. The van der Waals surface area contributed by atoms with E-state index in [1.807, 2.05) is 0 Å². The second-order valence-electron chi connectivity index (χ2n) is 5.11. The zero-order valence-corrected chi connectivity index (χ0v) is 13.1. The quantitative estimate of drug-likeness (QED) is 0.692. The Morgan fingerprint density at radius 3 is 2.21 bits per heavy atom. The van der Waals surface area contributed by atoms with Crippen molar-refractivity contribution < 1.29 is 13.2 Å². The van der Waals surface area contributed by atoms with E-state index in [1.54, 1.807) is 31.2 Å². The first-order valence-electron chi connectivity index (χ1n) is 6.89. The van der Waals surface area contributed by atoms with Gasteiger partial charge in [0.05, 0.1) is 16.8 Å². The van der Waals surface area contributed by atoms with E-state index in [4.69, 9.17) is 11.6 Å². The lowest BCUT2D eigenvalue weighted by atomic mass is 9.94. The van der Waals surface area contributed by atoms with Gasteiger partial charge in [0.2, 0.25) is 0 Å². The molecular weight excluding hydrogens is 341 g/mol. The Balaban J connectivity index is 2.42. The molecule has 0 saturated carbocycles. The zero-order chi connectivity index (χ0) is 17.4. The van der Waals surface area contributed by atoms with Crippen molar-refractivity contribution in [2.45, 2.75) is 6.92 Å². The number of aromatic nitrogens is 2. The number of hydrogen-bond donors (Lipinski definition) is 1. The summed E-state index contributed by atoms with van der Waals surface area (Å²) in [5.74, 6) is -3.72. The summed E-state index contributed by atoms with van der Waals surface area (Å²) in [5, 5.41) is 6.47. The van der Waals surface area contributed by atoms with E-state index < -0.39 is 28.6 Å². The van der Waals surface area contributed by atoms with Gasteiger partial charge in [0.1, 0.15) is 5.82 Å². The highest BCUT2D eigenvalue weighted by Crippen LogP contribution is 2.35. The highest BCUT2D eigenvalue weighted by molar-refractivity contribution is 6.30. The lowest BCUT2D eigenvalue weighted by Gasteiger charge is -2.13. The fourth-order valence-electron chi connectivity index (χ4n) is 2.51. The van der Waals surface area contributed by atoms with Gasteiger partial charge in [-0.15, -0.1) is 0 Å². The number of H-pyrrole nitrogens is 1. The van der Waals surface area contributed by atoms with Gasteiger partial charge in [0.25, 0.3) is 5.56 Å². The number of benzene rings is 2. The third kappa shape index (κ3) is 2.69. The minimum absolute atomic E-state index is 0.207. The Bertz CT molecular complexity index is 984. The Morgan fingerprint density at radius 1 is 0.917 bits per heavy atom. The molecule has 3 nitrogen and oxygen atoms in total. The van der Waals surface area contributed by atoms with E-state index in [1.165, 1.54) is 0 Å². The van der Waals surface area contributed by atoms with Crippen LogP contribution in [0.5, 0.6) is 0 Å². The summed E-state index contributed by atoms with van der Waals surface area (Å²) < 4.78 is 42.0. The molecule has 24 heavy (non-hydrogen) atoms. The summed E-state index contributed by atoms with van der Waals surface area (Å²) in [6.07, 6.45) is 0. The standard InChI is InChI=1S/C17H10ClF3N2O/c1-8-13(9-2-4-10(18)5-3-9)15(17(24)23-22-8)14-11(19)6-7-12(20)16(14)21/h2-7H,1H3,(H,23,24). The second kappa shape index (κ2) is 6.13. The molecule has 0 amide bonds. The maximum absolute atomic E-state index is 14.2. The van der Waals surface area contributed by atoms with E-state index in [-0.39, 0.29) is 11.1 Å². The van der Waals surface area contributed by atoms with Gasteiger partial charge in [0, 0.05) is 10.6 Å². The van der Waals surface area contributed by atoms with Gasteiger partial charge in [-0.25, -0.2) is 18.3 Å². The molecule has 0 aliphatic heterocycles. The number of rotatable bonds is 2. The zero-order valence-electron chi connectivity index (χ0n) is 12.3. The number of nitrogens with zero attached hydrogens (tertiary/aromatic N) is 1. The van der Waals surface area contributed by atoms with Gasteiger partial charge in [-0.3, -0.25) is 4.79 Å². The Labute approximate surface area is 139 Å². The van der Waals surface area contributed by atoms with Gasteiger partial charge >= 0.3 is 0 Å². The molecular formula is C17H10ClF3N2O. The molecule has 1 aromatic heterocycles. The molecule has 0 bridgehead atoms.